The maximum atomic E-state index is 14.5. The molecule has 1 aliphatic heterocycles. The highest BCUT2D eigenvalue weighted by atomic mass is 79.9. The molecule has 1 spiro atoms. The SMILES string of the molecule is CC(C)C1CNC2(CCCC2)CN1c1ccc(Br)cc1F. The monoisotopic (exact) mass is 354 g/mol. The van der Waals surface area contributed by atoms with Gasteiger partial charge in [0.2, 0.25) is 0 Å². The molecule has 1 unspecified atom stereocenters. The zero-order chi connectivity index (χ0) is 15.0. The average molecular weight is 355 g/mol. The van der Waals surface area contributed by atoms with Crippen molar-refractivity contribution in [1.82, 2.24) is 5.32 Å². The van der Waals surface area contributed by atoms with Crippen molar-refractivity contribution in [2.75, 3.05) is 18.0 Å². The van der Waals surface area contributed by atoms with Crippen LogP contribution in [0.15, 0.2) is 22.7 Å². The van der Waals surface area contributed by atoms with Crippen LogP contribution in [0.5, 0.6) is 0 Å². The predicted octanol–water partition coefficient (Wildman–Crippen LogP) is 4.34. The quantitative estimate of drug-likeness (QED) is 0.849. The summed E-state index contributed by atoms with van der Waals surface area (Å²) >= 11 is 3.35. The van der Waals surface area contributed by atoms with Crippen LogP contribution in [0, 0.1) is 11.7 Å². The summed E-state index contributed by atoms with van der Waals surface area (Å²) in [5.74, 6) is 0.379. The number of rotatable bonds is 2. The van der Waals surface area contributed by atoms with E-state index in [-0.39, 0.29) is 11.4 Å². The molecule has 1 aliphatic carbocycles. The van der Waals surface area contributed by atoms with Gasteiger partial charge in [-0.25, -0.2) is 4.39 Å². The van der Waals surface area contributed by atoms with E-state index in [1.165, 1.54) is 25.7 Å². The second kappa shape index (κ2) is 5.88. The number of halogens is 2. The molecule has 1 atom stereocenters. The molecule has 2 aliphatic rings. The van der Waals surface area contributed by atoms with Gasteiger partial charge in [-0.15, -0.1) is 0 Å². The fourth-order valence-corrected chi connectivity index (χ4v) is 4.22. The standard InChI is InChI=1S/C17H24BrFN2/c1-12(2)16-10-20-17(7-3-4-8-17)11-21(16)15-6-5-13(18)9-14(15)19/h5-6,9,12,16,20H,3-4,7-8,10-11H2,1-2H3. The summed E-state index contributed by atoms with van der Waals surface area (Å²) in [6, 6.07) is 5.80. The number of anilines is 1. The molecule has 0 bridgehead atoms. The van der Waals surface area contributed by atoms with Crippen LogP contribution < -0.4 is 10.2 Å². The van der Waals surface area contributed by atoms with Crippen LogP contribution in [0.25, 0.3) is 0 Å². The second-order valence-corrected chi connectivity index (χ2v) is 7.82. The largest absolute Gasteiger partial charge is 0.363 e. The van der Waals surface area contributed by atoms with Gasteiger partial charge in [0.1, 0.15) is 5.82 Å². The fraction of sp³-hybridized carbons (Fsp3) is 0.647. The Kier molecular flexibility index (Phi) is 4.28. The van der Waals surface area contributed by atoms with Crippen LogP contribution in [-0.2, 0) is 0 Å². The summed E-state index contributed by atoms with van der Waals surface area (Å²) in [5, 5.41) is 3.78. The lowest BCUT2D eigenvalue weighted by molar-refractivity contribution is 0.244. The van der Waals surface area contributed by atoms with Gasteiger partial charge in [0.25, 0.3) is 0 Å². The summed E-state index contributed by atoms with van der Waals surface area (Å²) < 4.78 is 15.3. The molecule has 1 heterocycles. The molecule has 1 aromatic carbocycles. The summed E-state index contributed by atoms with van der Waals surface area (Å²) in [6.07, 6.45) is 5.00. The average Bonchev–Trinajstić information content (AvgIpc) is 2.86. The number of nitrogens with one attached hydrogen (secondary N) is 1. The maximum absolute atomic E-state index is 14.5. The van der Waals surface area contributed by atoms with Crippen molar-refractivity contribution >= 4 is 21.6 Å². The van der Waals surface area contributed by atoms with Crippen molar-refractivity contribution < 1.29 is 4.39 Å². The van der Waals surface area contributed by atoms with Crippen molar-refractivity contribution in [3.63, 3.8) is 0 Å². The van der Waals surface area contributed by atoms with Crippen LogP contribution in [0.4, 0.5) is 10.1 Å². The van der Waals surface area contributed by atoms with Crippen molar-refractivity contribution in [2.24, 2.45) is 5.92 Å². The number of benzene rings is 1. The van der Waals surface area contributed by atoms with Gasteiger partial charge in [0, 0.05) is 29.1 Å². The molecule has 4 heteroatoms. The molecule has 0 aromatic heterocycles. The van der Waals surface area contributed by atoms with Crippen molar-refractivity contribution in [1.29, 1.82) is 0 Å². The minimum absolute atomic E-state index is 0.120. The van der Waals surface area contributed by atoms with E-state index in [9.17, 15) is 4.39 Å². The van der Waals surface area contributed by atoms with E-state index in [1.54, 1.807) is 6.07 Å². The van der Waals surface area contributed by atoms with Crippen LogP contribution in [0.2, 0.25) is 0 Å². The van der Waals surface area contributed by atoms with Gasteiger partial charge in [0.15, 0.2) is 0 Å². The first-order valence-electron chi connectivity index (χ1n) is 7.97. The summed E-state index contributed by atoms with van der Waals surface area (Å²) in [7, 11) is 0. The van der Waals surface area contributed by atoms with E-state index < -0.39 is 0 Å². The highest BCUT2D eigenvalue weighted by Gasteiger charge is 2.42. The van der Waals surface area contributed by atoms with Gasteiger partial charge in [-0.3, -0.25) is 0 Å². The van der Waals surface area contributed by atoms with E-state index in [0.717, 1.165) is 23.2 Å². The summed E-state index contributed by atoms with van der Waals surface area (Å²) in [5.41, 5.74) is 0.954. The lowest BCUT2D eigenvalue weighted by Gasteiger charge is -2.49. The molecule has 1 aromatic rings. The molecule has 21 heavy (non-hydrogen) atoms. The Morgan fingerprint density at radius 1 is 1.33 bits per heavy atom. The van der Waals surface area contributed by atoms with Crippen LogP contribution in [0.1, 0.15) is 39.5 Å². The van der Waals surface area contributed by atoms with Crippen molar-refractivity contribution in [2.45, 2.75) is 51.1 Å². The molecule has 2 nitrogen and oxygen atoms in total. The number of hydrogen-bond acceptors (Lipinski definition) is 2. The first-order chi connectivity index (χ1) is 10.0. The first-order valence-corrected chi connectivity index (χ1v) is 8.77. The van der Waals surface area contributed by atoms with Gasteiger partial charge in [0.05, 0.1) is 5.69 Å². The molecule has 2 fully saturated rings. The van der Waals surface area contributed by atoms with Crippen molar-refractivity contribution in [3.05, 3.63) is 28.5 Å². The van der Waals surface area contributed by atoms with Gasteiger partial charge < -0.3 is 10.2 Å². The zero-order valence-electron chi connectivity index (χ0n) is 12.8. The Bertz CT molecular complexity index is 512. The second-order valence-electron chi connectivity index (χ2n) is 6.90. The van der Waals surface area contributed by atoms with E-state index in [1.807, 2.05) is 12.1 Å². The van der Waals surface area contributed by atoms with Gasteiger partial charge in [-0.1, -0.05) is 42.6 Å². The molecule has 0 amide bonds. The van der Waals surface area contributed by atoms with E-state index in [0.29, 0.717) is 12.0 Å². The zero-order valence-corrected chi connectivity index (χ0v) is 14.4. The predicted molar refractivity (Wildman–Crippen MR) is 89.3 cm³/mol. The Morgan fingerprint density at radius 2 is 2.05 bits per heavy atom. The Labute approximate surface area is 135 Å². The molecule has 1 saturated carbocycles. The van der Waals surface area contributed by atoms with Gasteiger partial charge in [-0.2, -0.15) is 0 Å². The number of hydrogen-bond donors (Lipinski definition) is 1. The summed E-state index contributed by atoms with van der Waals surface area (Å²) in [6.45, 7) is 6.33. The number of nitrogens with zero attached hydrogens (tertiary/aromatic N) is 1. The van der Waals surface area contributed by atoms with E-state index in [2.05, 4.69) is 40.0 Å². The minimum atomic E-state index is -0.120. The Hall–Kier alpha value is -0.610. The lowest BCUT2D eigenvalue weighted by Crippen LogP contribution is -2.64. The molecule has 3 rings (SSSR count). The number of piperazine rings is 1. The molecule has 1 saturated heterocycles. The molecule has 0 radical (unpaired) electrons. The Balaban J connectivity index is 1.93. The molecular weight excluding hydrogens is 331 g/mol. The minimum Gasteiger partial charge on any atom is -0.363 e. The third-order valence-corrected chi connectivity index (χ3v) is 5.60. The van der Waals surface area contributed by atoms with Crippen LogP contribution >= 0.6 is 15.9 Å². The highest BCUT2D eigenvalue weighted by molar-refractivity contribution is 9.10. The van der Waals surface area contributed by atoms with Crippen LogP contribution in [0.3, 0.4) is 0 Å². The third kappa shape index (κ3) is 2.98. The molecule has 1 N–H and O–H groups in total. The normalized spacial score (nSPS) is 25.0. The fourth-order valence-electron chi connectivity index (χ4n) is 3.89. The summed E-state index contributed by atoms with van der Waals surface area (Å²) in [4.78, 5) is 2.31. The van der Waals surface area contributed by atoms with E-state index >= 15 is 0 Å². The topological polar surface area (TPSA) is 15.3 Å². The first kappa shape index (κ1) is 15.3. The van der Waals surface area contributed by atoms with Gasteiger partial charge in [-0.05, 0) is 37.0 Å². The van der Waals surface area contributed by atoms with Gasteiger partial charge >= 0.3 is 0 Å². The lowest BCUT2D eigenvalue weighted by atomic mass is 9.88. The maximum Gasteiger partial charge on any atom is 0.147 e. The smallest absolute Gasteiger partial charge is 0.147 e. The Morgan fingerprint density at radius 3 is 2.67 bits per heavy atom. The van der Waals surface area contributed by atoms with E-state index in [4.69, 9.17) is 0 Å². The molecule has 116 valence electrons. The van der Waals surface area contributed by atoms with Crippen LogP contribution in [-0.4, -0.2) is 24.7 Å². The third-order valence-electron chi connectivity index (χ3n) is 5.11. The molecular formula is C17H24BrFN2. The highest BCUT2D eigenvalue weighted by Crippen LogP contribution is 2.37. The van der Waals surface area contributed by atoms with Crippen molar-refractivity contribution in [3.8, 4) is 0 Å².